The van der Waals surface area contributed by atoms with Crippen LogP contribution in [0, 0.1) is 24.1 Å². The number of nitrogens with two attached hydrogens (primary N) is 1. The highest BCUT2D eigenvalue weighted by Gasteiger charge is 2.23. The van der Waals surface area contributed by atoms with Crippen LogP contribution in [0.15, 0.2) is 18.2 Å². The van der Waals surface area contributed by atoms with Crippen molar-refractivity contribution in [3.63, 3.8) is 0 Å². The highest BCUT2D eigenvalue weighted by atomic mass is 19.1. The summed E-state index contributed by atoms with van der Waals surface area (Å²) in [4.78, 5) is 0. The summed E-state index contributed by atoms with van der Waals surface area (Å²) in [5.41, 5.74) is 6.37. The molecule has 0 spiro atoms. The van der Waals surface area contributed by atoms with Crippen LogP contribution >= 0.6 is 0 Å². The molecule has 1 aromatic rings. The van der Waals surface area contributed by atoms with Crippen molar-refractivity contribution in [2.45, 2.75) is 25.8 Å². The summed E-state index contributed by atoms with van der Waals surface area (Å²) in [6.45, 7) is 3.41. The Balaban J connectivity index is 3.20. The Bertz CT molecular complexity index is 377. The summed E-state index contributed by atoms with van der Waals surface area (Å²) in [5, 5.41) is 8.60. The Labute approximate surface area is 83.2 Å². The van der Waals surface area contributed by atoms with E-state index in [0.29, 0.717) is 11.1 Å². The normalized spacial score (nSPS) is 14.5. The van der Waals surface area contributed by atoms with E-state index in [-0.39, 0.29) is 12.2 Å². The molecule has 1 unspecified atom stereocenters. The predicted octanol–water partition coefficient (Wildman–Crippen LogP) is 2.22. The molecule has 0 amide bonds. The fourth-order valence-electron chi connectivity index (χ4n) is 1.49. The molecule has 0 heterocycles. The molecule has 0 radical (unpaired) electrons. The third kappa shape index (κ3) is 1.91. The van der Waals surface area contributed by atoms with Crippen LogP contribution in [-0.4, -0.2) is 0 Å². The molecule has 0 aliphatic rings. The van der Waals surface area contributed by atoms with Gasteiger partial charge in [-0.1, -0.05) is 12.1 Å². The van der Waals surface area contributed by atoms with E-state index in [1.54, 1.807) is 26.0 Å². The van der Waals surface area contributed by atoms with Crippen molar-refractivity contribution < 1.29 is 4.39 Å². The van der Waals surface area contributed by atoms with E-state index >= 15 is 0 Å². The third-order valence-corrected chi connectivity index (χ3v) is 2.33. The first-order valence-electron chi connectivity index (χ1n) is 4.40. The van der Waals surface area contributed by atoms with Gasteiger partial charge in [-0.2, -0.15) is 5.26 Å². The molecule has 0 aliphatic heterocycles. The average molecular weight is 192 g/mol. The van der Waals surface area contributed by atoms with Crippen LogP contribution in [0.1, 0.15) is 24.5 Å². The van der Waals surface area contributed by atoms with Gasteiger partial charge in [-0.3, -0.25) is 0 Å². The molecule has 3 heteroatoms. The van der Waals surface area contributed by atoms with Crippen LogP contribution in [0.25, 0.3) is 0 Å². The van der Waals surface area contributed by atoms with Crippen molar-refractivity contribution in [2.75, 3.05) is 0 Å². The monoisotopic (exact) mass is 192 g/mol. The summed E-state index contributed by atoms with van der Waals surface area (Å²) in [5.74, 6) is -0.280. The minimum absolute atomic E-state index is 0.178. The van der Waals surface area contributed by atoms with Crippen LogP contribution in [0.3, 0.4) is 0 Å². The zero-order valence-corrected chi connectivity index (χ0v) is 8.34. The Kier molecular flexibility index (Phi) is 2.87. The van der Waals surface area contributed by atoms with Gasteiger partial charge in [0.2, 0.25) is 0 Å². The molecule has 0 saturated heterocycles. The van der Waals surface area contributed by atoms with Gasteiger partial charge < -0.3 is 5.73 Å². The first-order chi connectivity index (χ1) is 6.49. The molecule has 1 aromatic carbocycles. The second-order valence-corrected chi connectivity index (χ2v) is 3.66. The Hall–Kier alpha value is -1.40. The van der Waals surface area contributed by atoms with E-state index in [1.165, 1.54) is 6.07 Å². The Morgan fingerprint density at radius 2 is 2.21 bits per heavy atom. The van der Waals surface area contributed by atoms with Gasteiger partial charge >= 0.3 is 0 Å². The minimum Gasteiger partial charge on any atom is -0.321 e. The van der Waals surface area contributed by atoms with Gasteiger partial charge in [0, 0.05) is 0 Å². The van der Waals surface area contributed by atoms with Crippen molar-refractivity contribution in [3.8, 4) is 6.07 Å². The largest absolute Gasteiger partial charge is 0.321 e. The topological polar surface area (TPSA) is 49.8 Å². The van der Waals surface area contributed by atoms with Crippen LogP contribution in [0.5, 0.6) is 0 Å². The number of hydrogen-bond donors (Lipinski definition) is 1. The number of rotatable bonds is 2. The lowest BCUT2D eigenvalue weighted by Gasteiger charge is -2.24. The molecular weight excluding hydrogens is 179 g/mol. The van der Waals surface area contributed by atoms with Crippen LogP contribution in [0.4, 0.5) is 4.39 Å². The number of halogens is 1. The summed E-state index contributed by atoms with van der Waals surface area (Å²) >= 11 is 0. The molecular formula is C11H13FN2. The van der Waals surface area contributed by atoms with Gasteiger partial charge in [0.1, 0.15) is 5.82 Å². The fraction of sp³-hybridized carbons (Fsp3) is 0.364. The van der Waals surface area contributed by atoms with Crippen LogP contribution < -0.4 is 5.73 Å². The maximum absolute atomic E-state index is 13.2. The van der Waals surface area contributed by atoms with Gasteiger partial charge in [-0.15, -0.1) is 0 Å². The van der Waals surface area contributed by atoms with E-state index < -0.39 is 5.54 Å². The SMILES string of the molecule is Cc1c(F)cccc1C(C)(N)CC#N. The highest BCUT2D eigenvalue weighted by Crippen LogP contribution is 2.25. The molecule has 0 aromatic heterocycles. The van der Waals surface area contributed by atoms with E-state index in [4.69, 9.17) is 11.0 Å². The maximum atomic E-state index is 13.2. The molecule has 0 fully saturated rings. The zero-order chi connectivity index (χ0) is 10.8. The molecule has 0 bridgehead atoms. The maximum Gasteiger partial charge on any atom is 0.126 e. The van der Waals surface area contributed by atoms with Crippen molar-refractivity contribution >= 4 is 0 Å². The fourth-order valence-corrected chi connectivity index (χ4v) is 1.49. The number of hydrogen-bond acceptors (Lipinski definition) is 2. The lowest BCUT2D eigenvalue weighted by Crippen LogP contribution is -2.33. The second-order valence-electron chi connectivity index (χ2n) is 3.66. The van der Waals surface area contributed by atoms with Crippen LogP contribution in [0.2, 0.25) is 0 Å². The van der Waals surface area contributed by atoms with Gasteiger partial charge in [-0.05, 0) is 31.0 Å². The highest BCUT2D eigenvalue weighted by molar-refractivity contribution is 5.33. The first kappa shape index (κ1) is 10.7. The van der Waals surface area contributed by atoms with E-state index in [0.717, 1.165) is 0 Å². The van der Waals surface area contributed by atoms with Crippen molar-refractivity contribution in [1.29, 1.82) is 5.26 Å². The molecule has 74 valence electrons. The summed E-state index contributed by atoms with van der Waals surface area (Å²) in [6, 6.07) is 6.77. The van der Waals surface area contributed by atoms with Gasteiger partial charge in [0.15, 0.2) is 0 Å². The van der Waals surface area contributed by atoms with Crippen LogP contribution in [-0.2, 0) is 5.54 Å². The summed E-state index contributed by atoms with van der Waals surface area (Å²) in [7, 11) is 0. The Morgan fingerprint density at radius 3 is 2.79 bits per heavy atom. The van der Waals surface area contributed by atoms with E-state index in [9.17, 15) is 4.39 Å². The van der Waals surface area contributed by atoms with E-state index in [2.05, 4.69) is 0 Å². The summed E-state index contributed by atoms with van der Waals surface area (Å²) in [6.07, 6.45) is 0.178. The predicted molar refractivity (Wildman–Crippen MR) is 52.9 cm³/mol. The van der Waals surface area contributed by atoms with Crippen molar-refractivity contribution in [2.24, 2.45) is 5.73 Å². The number of nitriles is 1. The quantitative estimate of drug-likeness (QED) is 0.781. The van der Waals surface area contributed by atoms with Crippen molar-refractivity contribution in [1.82, 2.24) is 0 Å². The zero-order valence-electron chi connectivity index (χ0n) is 8.34. The standard InChI is InChI=1S/C11H13FN2/c1-8-9(4-3-5-10(8)12)11(2,14)6-7-13/h3-5H,6,14H2,1-2H3. The molecule has 14 heavy (non-hydrogen) atoms. The first-order valence-corrected chi connectivity index (χ1v) is 4.40. The molecule has 2 N–H and O–H groups in total. The molecule has 0 saturated carbocycles. The molecule has 1 rings (SSSR count). The lowest BCUT2D eigenvalue weighted by atomic mass is 9.87. The second kappa shape index (κ2) is 3.77. The number of nitrogens with zero attached hydrogens (tertiary/aromatic N) is 1. The molecule has 0 aliphatic carbocycles. The van der Waals surface area contributed by atoms with E-state index in [1.807, 2.05) is 6.07 Å². The lowest BCUT2D eigenvalue weighted by molar-refractivity contribution is 0.496. The smallest absolute Gasteiger partial charge is 0.126 e. The van der Waals surface area contributed by atoms with Gasteiger partial charge in [0.25, 0.3) is 0 Å². The summed E-state index contributed by atoms with van der Waals surface area (Å²) < 4.78 is 13.2. The van der Waals surface area contributed by atoms with Gasteiger partial charge in [-0.25, -0.2) is 4.39 Å². The average Bonchev–Trinajstić information content (AvgIpc) is 2.09. The molecule has 1 atom stereocenters. The van der Waals surface area contributed by atoms with Gasteiger partial charge in [0.05, 0.1) is 18.0 Å². The Morgan fingerprint density at radius 1 is 1.57 bits per heavy atom. The minimum atomic E-state index is -0.777. The number of benzene rings is 1. The van der Waals surface area contributed by atoms with Crippen molar-refractivity contribution in [3.05, 3.63) is 35.1 Å². The third-order valence-electron chi connectivity index (χ3n) is 2.33. The molecule has 2 nitrogen and oxygen atoms in total.